The zero-order valence-electron chi connectivity index (χ0n) is 12.1. The maximum atomic E-state index is 13.1. The molecule has 0 saturated carbocycles. The fourth-order valence-electron chi connectivity index (χ4n) is 2.42. The van der Waals surface area contributed by atoms with Gasteiger partial charge in [0.15, 0.2) is 0 Å². The monoisotopic (exact) mass is 316 g/mol. The SMILES string of the molecule is O=C(OCc1ccccc1)N(C[C@@H]1CCCNC1)C(F)(F)F. The van der Waals surface area contributed by atoms with Crippen molar-refractivity contribution in [2.45, 2.75) is 25.7 Å². The Morgan fingerprint density at radius 3 is 2.64 bits per heavy atom. The van der Waals surface area contributed by atoms with Crippen LogP contribution >= 0.6 is 0 Å². The molecule has 1 heterocycles. The Morgan fingerprint density at radius 2 is 2.05 bits per heavy atom. The number of alkyl halides is 3. The Bertz CT molecular complexity index is 473. The molecule has 0 aromatic heterocycles. The summed E-state index contributed by atoms with van der Waals surface area (Å²) < 4.78 is 44.0. The van der Waals surface area contributed by atoms with E-state index < -0.39 is 12.4 Å². The van der Waals surface area contributed by atoms with E-state index in [1.807, 2.05) is 0 Å². The molecule has 1 aromatic carbocycles. The Hall–Kier alpha value is -1.76. The van der Waals surface area contributed by atoms with Crippen molar-refractivity contribution in [2.75, 3.05) is 19.6 Å². The van der Waals surface area contributed by atoms with Gasteiger partial charge in [0.25, 0.3) is 0 Å². The third kappa shape index (κ3) is 4.91. The summed E-state index contributed by atoms with van der Waals surface area (Å²) in [6, 6.07) is 8.63. The minimum absolute atomic E-state index is 0.131. The van der Waals surface area contributed by atoms with E-state index in [-0.39, 0.29) is 24.0 Å². The first-order chi connectivity index (χ1) is 10.5. The molecule has 1 aromatic rings. The molecule has 22 heavy (non-hydrogen) atoms. The van der Waals surface area contributed by atoms with Gasteiger partial charge in [-0.05, 0) is 37.4 Å². The standard InChI is InChI=1S/C15H19F3N2O2/c16-15(17,18)20(10-13-7-4-8-19-9-13)14(21)22-11-12-5-2-1-3-6-12/h1-3,5-6,13,19H,4,7-11H2/t13-/m1/s1. The molecule has 1 saturated heterocycles. The molecule has 0 radical (unpaired) electrons. The third-order valence-corrected chi connectivity index (χ3v) is 3.57. The van der Waals surface area contributed by atoms with Crippen LogP contribution in [-0.2, 0) is 11.3 Å². The Labute approximate surface area is 127 Å². The first-order valence-corrected chi connectivity index (χ1v) is 7.22. The number of amides is 1. The van der Waals surface area contributed by atoms with Crippen LogP contribution in [-0.4, -0.2) is 36.9 Å². The van der Waals surface area contributed by atoms with E-state index in [1.165, 1.54) is 0 Å². The van der Waals surface area contributed by atoms with Crippen LogP contribution in [0.15, 0.2) is 30.3 Å². The van der Waals surface area contributed by atoms with Crippen molar-refractivity contribution in [2.24, 2.45) is 5.92 Å². The van der Waals surface area contributed by atoms with Crippen molar-refractivity contribution in [3.63, 3.8) is 0 Å². The van der Waals surface area contributed by atoms with Crippen LogP contribution in [0.25, 0.3) is 0 Å². The van der Waals surface area contributed by atoms with E-state index >= 15 is 0 Å². The highest BCUT2D eigenvalue weighted by molar-refractivity contribution is 5.68. The number of ether oxygens (including phenoxy) is 1. The van der Waals surface area contributed by atoms with Crippen LogP contribution in [0, 0.1) is 5.92 Å². The smallest absolute Gasteiger partial charge is 0.444 e. The van der Waals surface area contributed by atoms with Gasteiger partial charge in [-0.2, -0.15) is 0 Å². The van der Waals surface area contributed by atoms with Crippen molar-refractivity contribution < 1.29 is 22.7 Å². The molecule has 0 spiro atoms. The van der Waals surface area contributed by atoms with Gasteiger partial charge in [-0.1, -0.05) is 30.3 Å². The molecule has 1 aliphatic heterocycles. The molecule has 0 bridgehead atoms. The Balaban J connectivity index is 1.94. The number of nitrogens with one attached hydrogen (secondary N) is 1. The molecule has 0 aliphatic carbocycles. The van der Waals surface area contributed by atoms with Crippen molar-refractivity contribution in [1.29, 1.82) is 0 Å². The fraction of sp³-hybridized carbons (Fsp3) is 0.533. The number of carbonyl (C=O) groups is 1. The maximum absolute atomic E-state index is 13.1. The summed E-state index contributed by atoms with van der Waals surface area (Å²) in [7, 11) is 0. The van der Waals surface area contributed by atoms with E-state index in [0.717, 1.165) is 13.0 Å². The number of hydrogen-bond donors (Lipinski definition) is 1. The second kappa shape index (κ2) is 7.49. The maximum Gasteiger partial charge on any atom is 0.489 e. The lowest BCUT2D eigenvalue weighted by Gasteiger charge is -2.30. The summed E-state index contributed by atoms with van der Waals surface area (Å²) in [4.78, 5) is 11.7. The average molecular weight is 316 g/mol. The summed E-state index contributed by atoms with van der Waals surface area (Å²) >= 11 is 0. The number of hydrogen-bond acceptors (Lipinski definition) is 3. The van der Waals surface area contributed by atoms with Gasteiger partial charge in [-0.3, -0.25) is 0 Å². The van der Waals surface area contributed by atoms with Crippen molar-refractivity contribution in [3.05, 3.63) is 35.9 Å². The van der Waals surface area contributed by atoms with E-state index in [1.54, 1.807) is 30.3 Å². The molecular weight excluding hydrogens is 297 g/mol. The quantitative estimate of drug-likeness (QED) is 0.868. The van der Waals surface area contributed by atoms with Crippen LogP contribution in [0.3, 0.4) is 0 Å². The van der Waals surface area contributed by atoms with Gasteiger partial charge in [-0.25, -0.2) is 9.69 Å². The first kappa shape index (κ1) is 16.6. The predicted molar refractivity (Wildman–Crippen MR) is 75.0 cm³/mol. The number of piperidine rings is 1. The minimum atomic E-state index is -4.73. The second-order valence-corrected chi connectivity index (χ2v) is 5.33. The van der Waals surface area contributed by atoms with Crippen molar-refractivity contribution in [3.8, 4) is 0 Å². The zero-order chi connectivity index (χ0) is 16.0. The Morgan fingerprint density at radius 1 is 1.32 bits per heavy atom. The van der Waals surface area contributed by atoms with E-state index in [4.69, 9.17) is 4.74 Å². The predicted octanol–water partition coefficient (Wildman–Crippen LogP) is 3.14. The molecule has 1 aliphatic rings. The van der Waals surface area contributed by atoms with Gasteiger partial charge in [0, 0.05) is 6.54 Å². The highest BCUT2D eigenvalue weighted by atomic mass is 19.4. The molecule has 4 nitrogen and oxygen atoms in total. The molecule has 122 valence electrons. The van der Waals surface area contributed by atoms with Crippen LogP contribution < -0.4 is 5.32 Å². The summed E-state index contributed by atoms with van der Waals surface area (Å²) in [6.45, 7) is 0.749. The number of halogens is 3. The van der Waals surface area contributed by atoms with Gasteiger partial charge in [0.2, 0.25) is 0 Å². The van der Waals surface area contributed by atoms with E-state index in [0.29, 0.717) is 18.5 Å². The average Bonchev–Trinajstić information content (AvgIpc) is 2.51. The molecular formula is C15H19F3N2O2. The summed E-state index contributed by atoms with van der Waals surface area (Å²) in [5.74, 6) is -0.209. The molecule has 1 amide bonds. The van der Waals surface area contributed by atoms with Crippen LogP contribution in [0.2, 0.25) is 0 Å². The Kier molecular flexibility index (Phi) is 5.65. The topological polar surface area (TPSA) is 41.6 Å². The van der Waals surface area contributed by atoms with Gasteiger partial charge in [-0.15, -0.1) is 13.2 Å². The lowest BCUT2D eigenvalue weighted by atomic mass is 9.99. The largest absolute Gasteiger partial charge is 0.489 e. The molecule has 1 fully saturated rings. The fourth-order valence-corrected chi connectivity index (χ4v) is 2.42. The lowest BCUT2D eigenvalue weighted by Crippen LogP contribution is -2.48. The number of rotatable bonds is 4. The molecule has 7 heteroatoms. The molecule has 1 N–H and O–H groups in total. The van der Waals surface area contributed by atoms with Crippen LogP contribution in [0.4, 0.5) is 18.0 Å². The summed E-state index contributed by atoms with van der Waals surface area (Å²) in [6.07, 6.45) is -4.59. The van der Waals surface area contributed by atoms with Gasteiger partial charge >= 0.3 is 12.4 Å². The van der Waals surface area contributed by atoms with E-state index in [9.17, 15) is 18.0 Å². The number of nitrogens with zero attached hydrogens (tertiary/aromatic N) is 1. The van der Waals surface area contributed by atoms with Crippen LogP contribution in [0.1, 0.15) is 18.4 Å². The second-order valence-electron chi connectivity index (χ2n) is 5.33. The van der Waals surface area contributed by atoms with Crippen LogP contribution in [0.5, 0.6) is 0 Å². The minimum Gasteiger partial charge on any atom is -0.444 e. The van der Waals surface area contributed by atoms with Gasteiger partial charge in [0.1, 0.15) is 6.61 Å². The molecule has 0 unspecified atom stereocenters. The lowest BCUT2D eigenvalue weighted by molar-refractivity contribution is -0.233. The summed E-state index contributed by atoms with van der Waals surface area (Å²) in [5, 5.41) is 3.04. The van der Waals surface area contributed by atoms with Gasteiger partial charge < -0.3 is 10.1 Å². The van der Waals surface area contributed by atoms with Gasteiger partial charge in [0.05, 0.1) is 0 Å². The number of benzene rings is 1. The third-order valence-electron chi connectivity index (χ3n) is 3.57. The highest BCUT2D eigenvalue weighted by Crippen LogP contribution is 2.25. The van der Waals surface area contributed by atoms with Crippen molar-refractivity contribution in [1.82, 2.24) is 10.2 Å². The normalized spacial score (nSPS) is 18.8. The summed E-state index contributed by atoms with van der Waals surface area (Å²) in [5.41, 5.74) is 0.650. The molecule has 1 atom stereocenters. The molecule has 2 rings (SSSR count). The number of carbonyl (C=O) groups excluding carboxylic acids is 1. The van der Waals surface area contributed by atoms with E-state index in [2.05, 4.69) is 5.32 Å². The van der Waals surface area contributed by atoms with Crippen molar-refractivity contribution >= 4 is 6.09 Å². The highest BCUT2D eigenvalue weighted by Gasteiger charge is 2.43. The zero-order valence-corrected chi connectivity index (χ0v) is 12.1. The first-order valence-electron chi connectivity index (χ1n) is 7.22.